The first-order valence-corrected chi connectivity index (χ1v) is 33.2. The van der Waals surface area contributed by atoms with Crippen molar-refractivity contribution in [3.63, 3.8) is 0 Å². The third kappa shape index (κ3) is 15.9. The van der Waals surface area contributed by atoms with Gasteiger partial charge in [0.05, 0.1) is 70.1 Å². The van der Waals surface area contributed by atoms with Crippen LogP contribution in [0.15, 0.2) is 30.0 Å². The van der Waals surface area contributed by atoms with E-state index in [1.165, 1.54) is 52.6 Å². The maximum absolute atomic E-state index is 14.1. The monoisotopic (exact) mass is 1250 g/mol. The van der Waals surface area contributed by atoms with Crippen molar-refractivity contribution in [3.8, 4) is 0 Å². The van der Waals surface area contributed by atoms with E-state index in [4.69, 9.17) is 25.8 Å². The summed E-state index contributed by atoms with van der Waals surface area (Å²) in [6, 6.07) is 4.11. The molecule has 9 amide bonds. The minimum Gasteiger partial charge on any atom is -0.450 e. The molecule has 15 unspecified atom stereocenters. The smallest absolute Gasteiger partial charge is 0.413 e. The van der Waals surface area contributed by atoms with Crippen molar-refractivity contribution in [1.82, 2.24) is 58.6 Å². The fourth-order valence-corrected chi connectivity index (χ4v) is 19.1. The van der Waals surface area contributed by atoms with Gasteiger partial charge in [0.25, 0.3) is 0 Å². The topological polar surface area (TPSA) is 326 Å². The van der Waals surface area contributed by atoms with Crippen molar-refractivity contribution in [1.29, 1.82) is 0 Å². The molecule has 6 saturated heterocycles. The third-order valence-electron chi connectivity index (χ3n) is 15.7. The minimum atomic E-state index is -1.01. The molecule has 8 aliphatic rings. The van der Waals surface area contributed by atoms with E-state index in [0.717, 1.165) is 45.3 Å². The molecule has 0 bridgehead atoms. The second-order valence-electron chi connectivity index (χ2n) is 21.4. The van der Waals surface area contributed by atoms with Crippen molar-refractivity contribution in [3.05, 3.63) is 40.6 Å². The number of piperidine rings is 1. The van der Waals surface area contributed by atoms with Gasteiger partial charge in [-0.2, -0.15) is 0 Å². The summed E-state index contributed by atoms with van der Waals surface area (Å²) >= 11 is 13.3. The van der Waals surface area contributed by atoms with Gasteiger partial charge in [-0.05, 0) is 127 Å². The Bertz CT molecular complexity index is 2590. The first-order chi connectivity index (χ1) is 39.5. The average molecular weight is 1250 g/mol. The van der Waals surface area contributed by atoms with Gasteiger partial charge in [0.15, 0.2) is 0 Å². The third-order valence-corrected chi connectivity index (χ3v) is 23.7. The summed E-state index contributed by atoms with van der Waals surface area (Å²) in [6.45, 7) is 8.04. The highest BCUT2D eigenvalue weighted by Crippen LogP contribution is 2.43. The van der Waals surface area contributed by atoms with Crippen molar-refractivity contribution in [2.75, 3.05) is 50.6 Å². The minimum absolute atomic E-state index is 0.0344. The molecule has 1 aromatic carbocycles. The number of ether oxygens (including phenoxy) is 3. The normalized spacial score (nSPS) is 32.2. The number of hydrogen-bond donors (Lipinski definition) is 12. The lowest BCUT2D eigenvalue weighted by atomic mass is 9.97. The molecule has 450 valence electrons. The number of nitrogens with one attached hydrogen (secondary N) is 12. The number of halogens is 1. The van der Waals surface area contributed by atoms with E-state index in [0.29, 0.717) is 34.4 Å². The molecule has 0 aliphatic carbocycles. The number of rotatable bonds is 18. The van der Waals surface area contributed by atoms with Crippen LogP contribution in [0.3, 0.4) is 0 Å². The number of thioether (sulfide) groups is 5. The second kappa shape index (κ2) is 29.2. The summed E-state index contributed by atoms with van der Waals surface area (Å²) in [6.07, 6.45) is 4.41. The van der Waals surface area contributed by atoms with E-state index in [1.807, 2.05) is 20.0 Å². The van der Waals surface area contributed by atoms with Crippen LogP contribution in [0, 0.1) is 23.7 Å². The molecular formula is C52H73ClN12O12S5. The van der Waals surface area contributed by atoms with Gasteiger partial charge in [0.2, 0.25) is 35.4 Å². The van der Waals surface area contributed by atoms with Crippen molar-refractivity contribution >= 4 is 130 Å². The molecule has 15 atom stereocenters. The first-order valence-electron chi connectivity index (χ1n) is 28.0. The Kier molecular flexibility index (Phi) is 22.1. The molecule has 12 N–H and O–H groups in total. The van der Waals surface area contributed by atoms with Crippen LogP contribution in [-0.4, -0.2) is 159 Å². The zero-order valence-corrected chi connectivity index (χ0v) is 50.5. The second-order valence-corrected chi connectivity index (χ2v) is 28.5. The predicted octanol–water partition coefficient (Wildman–Crippen LogP) is 3.30. The van der Waals surface area contributed by atoms with Crippen LogP contribution in [0.2, 0.25) is 5.02 Å². The standard InChI is InChI=1S/C52H73ClN12O12S5/c1-4-75-50(72)62-40(67)33-21-29(79-48(33)60-44(71)38-25(3)57-46(82-38)27-6-5-14-55-23-27)12-18-77-52(74)63-41(68)34-22-30(80-49(34)59-43(70)37-24(2)56-45(81-37)26-9-15-54-16-10-26)11-17-76-51(73)61-39(66)32-13-19-78-47(32)58-42(69)36-31-8-7-28(53)20-35(31)64-65-36/h7-8,20,23-26,29-30,32-34,36-38,45-49,54-57,64-65H,4-6,9-19,21-22H2,1-3H3,(H,58,69)(H,59,70)(H,60,71)(H,61,66,73)(H,62,67,72)(H,63,68,74). The molecule has 6 fully saturated rings. The number of benzene rings is 1. The molecule has 24 nitrogen and oxygen atoms in total. The van der Waals surface area contributed by atoms with Crippen molar-refractivity contribution in [2.45, 2.75) is 145 Å². The summed E-state index contributed by atoms with van der Waals surface area (Å²) in [7, 11) is 0. The maximum Gasteiger partial charge on any atom is 0.413 e. The van der Waals surface area contributed by atoms with Crippen LogP contribution in [0.4, 0.5) is 20.1 Å². The lowest BCUT2D eigenvalue weighted by Crippen LogP contribution is -2.48. The molecule has 8 aliphatic heterocycles. The van der Waals surface area contributed by atoms with Crippen LogP contribution in [0.5, 0.6) is 0 Å². The van der Waals surface area contributed by atoms with Gasteiger partial charge in [-0.25, -0.2) is 19.8 Å². The lowest BCUT2D eigenvalue weighted by molar-refractivity contribution is -0.127. The summed E-state index contributed by atoms with van der Waals surface area (Å²) in [5, 5.41) is 26.8. The molecule has 0 aromatic heterocycles. The van der Waals surface area contributed by atoms with Crippen LogP contribution in [0.1, 0.15) is 90.2 Å². The molecule has 1 aromatic rings. The quantitative estimate of drug-likeness (QED) is 0.0939. The number of anilines is 1. The van der Waals surface area contributed by atoms with Crippen LogP contribution in [-0.2, 0) is 43.0 Å². The largest absolute Gasteiger partial charge is 0.450 e. The molecule has 0 saturated carbocycles. The van der Waals surface area contributed by atoms with E-state index in [1.54, 1.807) is 36.9 Å². The van der Waals surface area contributed by atoms with Gasteiger partial charge in [-0.1, -0.05) is 17.7 Å². The van der Waals surface area contributed by atoms with Crippen LogP contribution >= 0.6 is 70.4 Å². The highest BCUT2D eigenvalue weighted by atomic mass is 35.5. The molecule has 82 heavy (non-hydrogen) atoms. The Labute approximate surface area is 502 Å². The molecule has 30 heteroatoms. The summed E-state index contributed by atoms with van der Waals surface area (Å²) in [5.41, 5.74) is 8.45. The molecule has 8 heterocycles. The van der Waals surface area contributed by atoms with E-state index < -0.39 is 86.4 Å². The summed E-state index contributed by atoms with van der Waals surface area (Å²) < 4.78 is 16.0. The van der Waals surface area contributed by atoms with Gasteiger partial charge < -0.3 is 51.5 Å². The fraction of sp³-hybridized carbons (Fsp3) is 0.673. The number of alkyl carbamates (subject to hydrolysis) is 3. The highest BCUT2D eigenvalue weighted by Gasteiger charge is 2.47. The Balaban J connectivity index is 0.767. The van der Waals surface area contributed by atoms with Crippen LogP contribution in [0.25, 0.3) is 0 Å². The fourth-order valence-electron chi connectivity index (χ4n) is 11.4. The number of amides is 9. The van der Waals surface area contributed by atoms with E-state index in [2.05, 4.69) is 64.0 Å². The van der Waals surface area contributed by atoms with Crippen LogP contribution < -0.4 is 64.0 Å². The molecule has 0 radical (unpaired) electrons. The summed E-state index contributed by atoms with van der Waals surface area (Å²) in [4.78, 5) is 121. The first kappa shape index (κ1) is 62.2. The Morgan fingerprint density at radius 2 is 1.24 bits per heavy atom. The molecule has 9 rings (SSSR count). The van der Waals surface area contributed by atoms with Gasteiger partial charge in [0.1, 0.15) is 16.5 Å². The van der Waals surface area contributed by atoms with Gasteiger partial charge in [-0.15, -0.1) is 58.8 Å². The Hall–Kier alpha value is -4.33. The SMILES string of the molecule is CCOC(=O)NC(=O)C1CC(CCOC(=O)NC(=O)C2CC(CCOC(=O)NC(=O)C3CCSC3NC(=O)C3NNc4cc(Cl)ccc43)SC2NC(=O)C2SC(C3CCNCC3)NC2C)SC1NC(=O)C1SC(C2=CNCCC2)NC1C. The Morgan fingerprint density at radius 3 is 1.85 bits per heavy atom. The zero-order valence-electron chi connectivity index (χ0n) is 45.7. The predicted molar refractivity (Wildman–Crippen MR) is 316 cm³/mol. The zero-order chi connectivity index (χ0) is 58.0. The average Bonchev–Trinajstić information content (AvgIpc) is 4.54. The summed E-state index contributed by atoms with van der Waals surface area (Å²) in [5.74, 6) is -4.13. The van der Waals surface area contributed by atoms with Crippen molar-refractivity contribution in [2.24, 2.45) is 23.7 Å². The van der Waals surface area contributed by atoms with Crippen molar-refractivity contribution < 1.29 is 57.4 Å². The number of carbonyl (C=O) groups excluding carboxylic acids is 9. The molecular weight excluding hydrogens is 1180 g/mol. The maximum atomic E-state index is 14.1. The number of imide groups is 3. The van der Waals surface area contributed by atoms with E-state index in [-0.39, 0.29) is 96.6 Å². The number of fused-ring (bicyclic) bond motifs is 1. The molecule has 0 spiro atoms. The highest BCUT2D eigenvalue weighted by molar-refractivity contribution is 8.02. The van der Waals surface area contributed by atoms with E-state index in [9.17, 15) is 43.2 Å². The number of hydrogen-bond acceptors (Lipinski definition) is 23. The Morgan fingerprint density at radius 1 is 0.659 bits per heavy atom. The number of hydrazine groups is 1. The van der Waals surface area contributed by atoms with E-state index >= 15 is 0 Å². The van der Waals surface area contributed by atoms with Gasteiger partial charge in [-0.3, -0.25) is 50.0 Å². The van der Waals surface area contributed by atoms with Gasteiger partial charge in [0, 0.05) is 39.7 Å². The lowest BCUT2D eigenvalue weighted by Gasteiger charge is -2.27. The van der Waals surface area contributed by atoms with Gasteiger partial charge >= 0.3 is 18.3 Å². The number of carbonyl (C=O) groups is 9.